The van der Waals surface area contributed by atoms with Crippen LogP contribution in [0.2, 0.25) is 5.02 Å². The number of carbonyl (C=O) groups is 2. The molecule has 2 aromatic rings. The summed E-state index contributed by atoms with van der Waals surface area (Å²) in [4.78, 5) is 31.4. The maximum absolute atomic E-state index is 12.0. The molecule has 7 nitrogen and oxygen atoms in total. The highest BCUT2D eigenvalue weighted by Crippen LogP contribution is 2.14. The van der Waals surface area contributed by atoms with E-state index in [0.717, 1.165) is 5.56 Å². The number of nitrogens with one attached hydrogen (secondary N) is 1. The number of aromatic nitrogens is 2. The third-order valence-corrected chi connectivity index (χ3v) is 3.35. The van der Waals surface area contributed by atoms with Crippen molar-refractivity contribution in [2.75, 3.05) is 5.73 Å². The molecular weight excluding hydrogens is 320 g/mol. The van der Waals surface area contributed by atoms with Crippen LogP contribution in [0, 0.1) is 0 Å². The molecule has 0 saturated carbocycles. The summed E-state index contributed by atoms with van der Waals surface area (Å²) in [6, 6.07) is 7.12. The van der Waals surface area contributed by atoms with Crippen molar-refractivity contribution in [2.24, 2.45) is 0 Å². The van der Waals surface area contributed by atoms with Crippen LogP contribution in [0.5, 0.6) is 0 Å². The van der Waals surface area contributed by atoms with Crippen molar-refractivity contribution in [3.05, 3.63) is 52.9 Å². The third kappa shape index (κ3) is 4.40. The van der Waals surface area contributed by atoms with Crippen LogP contribution in [0.15, 0.2) is 36.7 Å². The molecule has 1 atom stereocenters. The fourth-order valence-corrected chi connectivity index (χ4v) is 1.95. The zero-order valence-electron chi connectivity index (χ0n) is 12.3. The van der Waals surface area contributed by atoms with Crippen molar-refractivity contribution in [2.45, 2.75) is 19.6 Å². The number of rotatable bonds is 5. The van der Waals surface area contributed by atoms with E-state index in [-0.39, 0.29) is 18.1 Å². The van der Waals surface area contributed by atoms with Crippen LogP contribution in [-0.4, -0.2) is 27.9 Å². The van der Waals surface area contributed by atoms with Crippen LogP contribution < -0.4 is 11.1 Å². The highest BCUT2D eigenvalue weighted by molar-refractivity contribution is 6.31. The van der Waals surface area contributed by atoms with Crippen LogP contribution in [0.4, 0.5) is 5.82 Å². The van der Waals surface area contributed by atoms with Crippen LogP contribution in [-0.2, 0) is 16.1 Å². The summed E-state index contributed by atoms with van der Waals surface area (Å²) in [6.45, 7) is 1.68. The van der Waals surface area contributed by atoms with Gasteiger partial charge in [0.25, 0.3) is 5.91 Å². The summed E-state index contributed by atoms with van der Waals surface area (Å²) in [6.07, 6.45) is 1.66. The van der Waals surface area contributed by atoms with Crippen molar-refractivity contribution in [3.8, 4) is 0 Å². The van der Waals surface area contributed by atoms with Gasteiger partial charge in [0.15, 0.2) is 17.6 Å². The monoisotopic (exact) mass is 334 g/mol. The van der Waals surface area contributed by atoms with Gasteiger partial charge in [0.05, 0.1) is 0 Å². The Balaban J connectivity index is 1.91. The summed E-state index contributed by atoms with van der Waals surface area (Å²) < 4.78 is 5.03. The summed E-state index contributed by atoms with van der Waals surface area (Å²) in [5, 5.41) is 3.19. The molecule has 0 aliphatic rings. The first-order valence-electron chi connectivity index (χ1n) is 6.77. The number of hydrogen-bond acceptors (Lipinski definition) is 6. The first kappa shape index (κ1) is 16.7. The molecule has 1 heterocycles. The van der Waals surface area contributed by atoms with Gasteiger partial charge in [-0.1, -0.05) is 29.8 Å². The molecule has 23 heavy (non-hydrogen) atoms. The Bertz CT molecular complexity index is 723. The number of benzene rings is 1. The molecule has 2 rings (SSSR count). The smallest absolute Gasteiger partial charge is 0.361 e. The highest BCUT2D eigenvalue weighted by atomic mass is 35.5. The maximum atomic E-state index is 12.0. The van der Waals surface area contributed by atoms with Gasteiger partial charge in [-0.2, -0.15) is 0 Å². The molecule has 0 aliphatic heterocycles. The minimum absolute atomic E-state index is 0.0545. The van der Waals surface area contributed by atoms with Crippen molar-refractivity contribution in [1.29, 1.82) is 0 Å². The number of carbonyl (C=O) groups excluding carboxylic acids is 2. The van der Waals surface area contributed by atoms with Gasteiger partial charge >= 0.3 is 5.97 Å². The van der Waals surface area contributed by atoms with Gasteiger partial charge in [-0.05, 0) is 18.6 Å². The fourth-order valence-electron chi connectivity index (χ4n) is 1.74. The van der Waals surface area contributed by atoms with Crippen LogP contribution in [0.25, 0.3) is 0 Å². The molecule has 1 unspecified atom stereocenters. The van der Waals surface area contributed by atoms with Crippen molar-refractivity contribution in [3.63, 3.8) is 0 Å². The second kappa shape index (κ2) is 7.55. The summed E-state index contributed by atoms with van der Waals surface area (Å²) in [5.41, 5.74) is 6.17. The van der Waals surface area contributed by atoms with E-state index in [1.807, 2.05) is 6.07 Å². The van der Waals surface area contributed by atoms with Gasteiger partial charge in [0.1, 0.15) is 0 Å². The standard InChI is InChI=1S/C15H15ClN4O3/c1-9(23-15(22)12-13(17)19-7-6-18-12)14(21)20-8-10-4-2-3-5-11(10)16/h2-7,9H,8H2,1H3,(H2,17,19)(H,20,21). The SMILES string of the molecule is CC(OC(=O)c1nccnc1N)C(=O)NCc1ccccc1Cl. The number of nitrogen functional groups attached to an aromatic ring is 1. The molecule has 0 saturated heterocycles. The van der Waals surface area contributed by atoms with E-state index < -0.39 is 18.0 Å². The first-order chi connectivity index (χ1) is 11.0. The van der Waals surface area contributed by atoms with E-state index >= 15 is 0 Å². The molecule has 1 amide bonds. The molecule has 8 heteroatoms. The number of amides is 1. The lowest BCUT2D eigenvalue weighted by molar-refractivity contribution is -0.129. The third-order valence-electron chi connectivity index (χ3n) is 2.98. The predicted molar refractivity (Wildman–Crippen MR) is 84.6 cm³/mol. The van der Waals surface area contributed by atoms with E-state index in [1.165, 1.54) is 19.3 Å². The minimum Gasteiger partial charge on any atom is -0.448 e. The van der Waals surface area contributed by atoms with Crippen molar-refractivity contribution >= 4 is 29.3 Å². The van der Waals surface area contributed by atoms with Gasteiger partial charge in [-0.25, -0.2) is 14.8 Å². The number of ether oxygens (including phenoxy) is 1. The number of nitrogens with zero attached hydrogens (tertiary/aromatic N) is 2. The van der Waals surface area contributed by atoms with Gasteiger partial charge < -0.3 is 15.8 Å². The van der Waals surface area contributed by atoms with Crippen LogP contribution >= 0.6 is 11.6 Å². The topological polar surface area (TPSA) is 107 Å². The fraction of sp³-hybridized carbons (Fsp3) is 0.200. The molecule has 0 spiro atoms. The van der Waals surface area contributed by atoms with E-state index in [9.17, 15) is 9.59 Å². The molecule has 0 radical (unpaired) electrons. The van der Waals surface area contributed by atoms with Gasteiger partial charge in [-0.15, -0.1) is 0 Å². The Kier molecular flexibility index (Phi) is 5.48. The average molecular weight is 335 g/mol. The minimum atomic E-state index is -1.01. The largest absolute Gasteiger partial charge is 0.448 e. The van der Waals surface area contributed by atoms with E-state index in [1.54, 1.807) is 18.2 Å². The summed E-state index contributed by atoms with van der Waals surface area (Å²) in [7, 11) is 0. The molecule has 0 aliphatic carbocycles. The van der Waals surface area contributed by atoms with Gasteiger partial charge in [0.2, 0.25) is 0 Å². The van der Waals surface area contributed by atoms with Gasteiger partial charge in [0, 0.05) is 24.0 Å². The Labute approximate surface area is 137 Å². The Morgan fingerprint density at radius 3 is 2.70 bits per heavy atom. The van der Waals surface area contributed by atoms with Crippen LogP contribution in [0.1, 0.15) is 23.0 Å². The molecule has 1 aromatic carbocycles. The Morgan fingerprint density at radius 1 is 1.30 bits per heavy atom. The lowest BCUT2D eigenvalue weighted by atomic mass is 10.2. The van der Waals surface area contributed by atoms with Gasteiger partial charge in [-0.3, -0.25) is 4.79 Å². The lowest BCUT2D eigenvalue weighted by Gasteiger charge is -2.14. The Hall–Kier alpha value is -2.67. The van der Waals surface area contributed by atoms with E-state index in [0.29, 0.717) is 5.02 Å². The van der Waals surface area contributed by atoms with E-state index in [2.05, 4.69) is 15.3 Å². The highest BCUT2D eigenvalue weighted by Gasteiger charge is 2.21. The molecule has 1 aromatic heterocycles. The number of hydrogen-bond donors (Lipinski definition) is 2. The maximum Gasteiger partial charge on any atom is 0.361 e. The molecule has 0 fully saturated rings. The predicted octanol–water partition coefficient (Wildman–Crippen LogP) is 1.57. The molecule has 3 N–H and O–H groups in total. The van der Waals surface area contributed by atoms with Crippen LogP contribution in [0.3, 0.4) is 0 Å². The van der Waals surface area contributed by atoms with E-state index in [4.69, 9.17) is 22.1 Å². The first-order valence-corrected chi connectivity index (χ1v) is 7.15. The quantitative estimate of drug-likeness (QED) is 0.804. The summed E-state index contributed by atoms with van der Waals surface area (Å²) in [5.74, 6) is -1.32. The van der Waals surface area contributed by atoms with Crippen molar-refractivity contribution < 1.29 is 14.3 Å². The number of halogens is 1. The average Bonchev–Trinajstić information content (AvgIpc) is 2.54. The molecule has 120 valence electrons. The Morgan fingerprint density at radius 2 is 2.00 bits per heavy atom. The number of nitrogens with two attached hydrogens (primary N) is 1. The second-order valence-corrected chi connectivity index (χ2v) is 5.05. The zero-order chi connectivity index (χ0) is 16.8. The second-order valence-electron chi connectivity index (χ2n) is 4.65. The zero-order valence-corrected chi connectivity index (χ0v) is 13.1. The molecule has 0 bridgehead atoms. The number of anilines is 1. The molecular formula is C15H15ClN4O3. The number of esters is 1. The normalized spacial score (nSPS) is 11.6. The summed E-state index contributed by atoms with van der Waals surface area (Å²) >= 11 is 6.00. The lowest BCUT2D eigenvalue weighted by Crippen LogP contribution is -2.35. The van der Waals surface area contributed by atoms with Crippen molar-refractivity contribution in [1.82, 2.24) is 15.3 Å².